The van der Waals surface area contributed by atoms with Gasteiger partial charge in [0.05, 0.1) is 12.1 Å². The van der Waals surface area contributed by atoms with Gasteiger partial charge in [-0.2, -0.15) is 0 Å². The van der Waals surface area contributed by atoms with E-state index in [2.05, 4.69) is 10.3 Å². The quantitative estimate of drug-likeness (QED) is 0.872. The summed E-state index contributed by atoms with van der Waals surface area (Å²) in [5.74, 6) is -0.803. The molecule has 1 aromatic carbocycles. The Balaban J connectivity index is 2.15. The second-order valence-corrected chi connectivity index (χ2v) is 6.92. The Labute approximate surface area is 128 Å². The number of rotatable bonds is 5. The van der Waals surface area contributed by atoms with Crippen molar-refractivity contribution in [3.8, 4) is 11.3 Å². The van der Waals surface area contributed by atoms with E-state index in [1.165, 1.54) is 11.3 Å². The summed E-state index contributed by atoms with van der Waals surface area (Å²) in [6, 6.07) is 9.78. The predicted octanol–water partition coefficient (Wildman–Crippen LogP) is 4.11. The summed E-state index contributed by atoms with van der Waals surface area (Å²) in [6.45, 7) is 6.08. The summed E-state index contributed by atoms with van der Waals surface area (Å²) in [4.78, 5) is 15.6. The Bertz CT molecular complexity index is 602. The van der Waals surface area contributed by atoms with E-state index in [1.807, 2.05) is 56.5 Å². The molecule has 0 fully saturated rings. The van der Waals surface area contributed by atoms with Gasteiger partial charge in [0.25, 0.3) is 0 Å². The predicted molar refractivity (Wildman–Crippen MR) is 86.7 cm³/mol. The maximum absolute atomic E-state index is 11.0. The number of nitrogens with zero attached hydrogens (tertiary/aromatic N) is 1. The van der Waals surface area contributed by atoms with E-state index in [0.717, 1.165) is 16.4 Å². The van der Waals surface area contributed by atoms with Gasteiger partial charge in [-0.25, -0.2) is 4.98 Å². The van der Waals surface area contributed by atoms with Gasteiger partial charge in [-0.3, -0.25) is 4.79 Å². The van der Waals surface area contributed by atoms with E-state index >= 15 is 0 Å². The highest BCUT2D eigenvalue weighted by Gasteiger charge is 2.27. The number of carboxylic acids is 1. The number of aromatic nitrogens is 1. The van der Waals surface area contributed by atoms with Gasteiger partial charge < -0.3 is 10.4 Å². The van der Waals surface area contributed by atoms with Crippen molar-refractivity contribution in [3.63, 3.8) is 0 Å². The molecule has 0 radical (unpaired) electrons. The minimum Gasteiger partial charge on any atom is -0.481 e. The number of nitrogens with one attached hydrogen (secondary N) is 1. The molecular formula is C16H20N2O2S. The number of carboxylic acid groups (broad SMARTS) is 1. The number of carbonyl (C=O) groups is 1. The van der Waals surface area contributed by atoms with Gasteiger partial charge in [-0.15, -0.1) is 11.3 Å². The molecule has 0 aliphatic heterocycles. The van der Waals surface area contributed by atoms with Crippen LogP contribution in [0.1, 0.15) is 27.2 Å². The van der Waals surface area contributed by atoms with Crippen LogP contribution >= 0.6 is 11.3 Å². The molecule has 1 atom stereocenters. The normalized spacial score (nSPS) is 12.9. The van der Waals surface area contributed by atoms with Crippen LogP contribution in [0.25, 0.3) is 11.3 Å². The number of benzene rings is 1. The molecule has 1 unspecified atom stereocenters. The average molecular weight is 304 g/mol. The third-order valence-corrected chi connectivity index (χ3v) is 4.07. The Morgan fingerprint density at radius 1 is 1.33 bits per heavy atom. The minimum absolute atomic E-state index is 0.0732. The number of anilines is 1. The van der Waals surface area contributed by atoms with Crippen molar-refractivity contribution in [2.75, 3.05) is 5.32 Å². The van der Waals surface area contributed by atoms with E-state index in [0.29, 0.717) is 0 Å². The lowest BCUT2D eigenvalue weighted by atomic mass is 9.85. The third-order valence-electron chi connectivity index (χ3n) is 3.30. The van der Waals surface area contributed by atoms with Gasteiger partial charge >= 0.3 is 5.97 Å². The average Bonchev–Trinajstić information content (AvgIpc) is 2.86. The van der Waals surface area contributed by atoms with Gasteiger partial charge in [0, 0.05) is 17.0 Å². The Kier molecular flexibility index (Phi) is 4.63. The SMILES string of the molecule is CC(C)(C)C(CC(=O)O)Nc1nc(-c2ccccc2)cs1. The van der Waals surface area contributed by atoms with Crippen LogP contribution < -0.4 is 5.32 Å². The van der Waals surface area contributed by atoms with Crippen LogP contribution in [0.5, 0.6) is 0 Å². The van der Waals surface area contributed by atoms with Crippen molar-refractivity contribution in [1.82, 2.24) is 4.98 Å². The van der Waals surface area contributed by atoms with Crippen LogP contribution in [0.2, 0.25) is 0 Å². The fourth-order valence-electron chi connectivity index (χ4n) is 1.98. The highest BCUT2D eigenvalue weighted by atomic mass is 32.1. The Morgan fingerprint density at radius 2 is 2.00 bits per heavy atom. The maximum atomic E-state index is 11.0. The first kappa shape index (κ1) is 15.5. The second kappa shape index (κ2) is 6.26. The topological polar surface area (TPSA) is 62.2 Å². The zero-order chi connectivity index (χ0) is 15.5. The molecule has 0 bridgehead atoms. The van der Waals surface area contributed by atoms with E-state index in [4.69, 9.17) is 5.11 Å². The van der Waals surface area contributed by atoms with E-state index in [9.17, 15) is 4.79 Å². The van der Waals surface area contributed by atoms with E-state index in [-0.39, 0.29) is 17.9 Å². The van der Waals surface area contributed by atoms with Crippen LogP contribution in [0.3, 0.4) is 0 Å². The summed E-state index contributed by atoms with van der Waals surface area (Å²) in [5.41, 5.74) is 1.81. The van der Waals surface area contributed by atoms with Crippen molar-refractivity contribution in [2.24, 2.45) is 5.41 Å². The van der Waals surface area contributed by atoms with Gasteiger partial charge in [0.15, 0.2) is 5.13 Å². The van der Waals surface area contributed by atoms with Crippen molar-refractivity contribution < 1.29 is 9.90 Å². The molecule has 0 saturated heterocycles. The zero-order valence-electron chi connectivity index (χ0n) is 12.5. The molecule has 0 saturated carbocycles. The standard InChI is InChI=1S/C16H20N2O2S/c1-16(2,3)13(9-14(19)20)18-15-17-12(10-21-15)11-7-5-4-6-8-11/h4-8,10,13H,9H2,1-3H3,(H,17,18)(H,19,20). The number of hydrogen-bond acceptors (Lipinski definition) is 4. The highest BCUT2D eigenvalue weighted by Crippen LogP contribution is 2.29. The van der Waals surface area contributed by atoms with Gasteiger partial charge in [0.2, 0.25) is 0 Å². The zero-order valence-corrected chi connectivity index (χ0v) is 13.3. The molecule has 0 aliphatic rings. The molecule has 2 rings (SSSR count). The monoisotopic (exact) mass is 304 g/mol. The van der Waals surface area contributed by atoms with Gasteiger partial charge in [-0.05, 0) is 5.41 Å². The number of thiazole rings is 1. The van der Waals surface area contributed by atoms with Crippen molar-refractivity contribution in [1.29, 1.82) is 0 Å². The summed E-state index contributed by atoms with van der Waals surface area (Å²) >= 11 is 1.50. The molecule has 4 nitrogen and oxygen atoms in total. The molecule has 2 N–H and O–H groups in total. The van der Waals surface area contributed by atoms with E-state index in [1.54, 1.807) is 0 Å². The fraction of sp³-hybridized carbons (Fsp3) is 0.375. The van der Waals surface area contributed by atoms with Crippen molar-refractivity contribution >= 4 is 22.4 Å². The second-order valence-electron chi connectivity index (χ2n) is 6.06. The Hall–Kier alpha value is -1.88. The van der Waals surface area contributed by atoms with Crippen LogP contribution in [-0.4, -0.2) is 22.1 Å². The first-order chi connectivity index (χ1) is 9.86. The van der Waals surface area contributed by atoms with E-state index < -0.39 is 5.97 Å². The smallest absolute Gasteiger partial charge is 0.305 e. The molecule has 0 spiro atoms. The Morgan fingerprint density at radius 3 is 2.57 bits per heavy atom. The summed E-state index contributed by atoms with van der Waals surface area (Å²) < 4.78 is 0. The highest BCUT2D eigenvalue weighted by molar-refractivity contribution is 7.14. The first-order valence-electron chi connectivity index (χ1n) is 6.85. The van der Waals surface area contributed by atoms with Gasteiger partial charge in [-0.1, -0.05) is 51.1 Å². The summed E-state index contributed by atoms with van der Waals surface area (Å²) in [7, 11) is 0. The summed E-state index contributed by atoms with van der Waals surface area (Å²) in [6.07, 6.45) is 0.0732. The molecule has 112 valence electrons. The fourth-order valence-corrected chi connectivity index (χ4v) is 2.75. The first-order valence-corrected chi connectivity index (χ1v) is 7.73. The maximum Gasteiger partial charge on any atom is 0.305 e. The lowest BCUT2D eigenvalue weighted by Crippen LogP contribution is -2.36. The lowest BCUT2D eigenvalue weighted by Gasteiger charge is -2.30. The molecule has 1 heterocycles. The van der Waals surface area contributed by atoms with Crippen LogP contribution in [0, 0.1) is 5.41 Å². The number of aliphatic carboxylic acids is 1. The molecule has 2 aromatic rings. The van der Waals surface area contributed by atoms with Crippen LogP contribution in [-0.2, 0) is 4.79 Å². The molecular weight excluding hydrogens is 284 g/mol. The molecule has 5 heteroatoms. The molecule has 21 heavy (non-hydrogen) atoms. The van der Waals surface area contributed by atoms with Crippen LogP contribution in [0.4, 0.5) is 5.13 Å². The van der Waals surface area contributed by atoms with Gasteiger partial charge in [0.1, 0.15) is 0 Å². The molecule has 1 aromatic heterocycles. The minimum atomic E-state index is -0.803. The summed E-state index contributed by atoms with van der Waals surface area (Å²) in [5, 5.41) is 15.1. The molecule has 0 aliphatic carbocycles. The number of hydrogen-bond donors (Lipinski definition) is 2. The van der Waals surface area contributed by atoms with Crippen molar-refractivity contribution in [2.45, 2.75) is 33.2 Å². The largest absolute Gasteiger partial charge is 0.481 e. The molecule has 0 amide bonds. The third kappa shape index (κ3) is 4.29. The lowest BCUT2D eigenvalue weighted by molar-refractivity contribution is -0.137. The van der Waals surface area contributed by atoms with Crippen LogP contribution in [0.15, 0.2) is 35.7 Å². The van der Waals surface area contributed by atoms with Crippen molar-refractivity contribution in [3.05, 3.63) is 35.7 Å².